The van der Waals surface area contributed by atoms with E-state index in [0.29, 0.717) is 10.8 Å². The first-order valence-electron chi connectivity index (χ1n) is 5.25. The van der Waals surface area contributed by atoms with Crippen LogP contribution in [0.25, 0.3) is 0 Å². The molecule has 2 aromatic rings. The van der Waals surface area contributed by atoms with E-state index in [1.54, 1.807) is 18.2 Å². The molecule has 5 nitrogen and oxygen atoms in total. The van der Waals surface area contributed by atoms with Gasteiger partial charge in [0.2, 0.25) is 0 Å². The predicted octanol–water partition coefficient (Wildman–Crippen LogP) is 3.38. The zero-order valence-electron chi connectivity index (χ0n) is 9.51. The van der Waals surface area contributed by atoms with Crippen molar-refractivity contribution in [2.75, 3.05) is 0 Å². The third-order valence-electron chi connectivity index (χ3n) is 2.31. The summed E-state index contributed by atoms with van der Waals surface area (Å²) < 4.78 is 10.2. The molecule has 0 amide bonds. The van der Waals surface area contributed by atoms with Gasteiger partial charge in [-0.05, 0) is 30.2 Å². The summed E-state index contributed by atoms with van der Waals surface area (Å²) >= 11 is 5.97. The minimum atomic E-state index is -1.17. The van der Waals surface area contributed by atoms with Crippen molar-refractivity contribution in [1.29, 1.82) is 0 Å². The molecule has 1 heterocycles. The lowest BCUT2D eigenvalue weighted by Crippen LogP contribution is -1.96. The molecule has 0 atom stereocenters. The van der Waals surface area contributed by atoms with Gasteiger partial charge in [-0.2, -0.15) is 4.98 Å². The highest BCUT2D eigenvalue weighted by Gasteiger charge is 2.12. The van der Waals surface area contributed by atoms with E-state index >= 15 is 0 Å². The number of hydrogen-bond acceptors (Lipinski definition) is 4. The van der Waals surface area contributed by atoms with Crippen LogP contribution in [0, 0.1) is 0 Å². The Labute approximate surface area is 108 Å². The summed E-state index contributed by atoms with van der Waals surface area (Å²) in [7, 11) is 0. The number of carbonyl (C=O) groups is 1. The van der Waals surface area contributed by atoms with Crippen molar-refractivity contribution in [3.63, 3.8) is 0 Å². The smallest absolute Gasteiger partial charge is 0.399 e. The zero-order chi connectivity index (χ0) is 13.1. The maximum Gasteiger partial charge on any atom is 0.399 e. The van der Waals surface area contributed by atoms with Crippen LogP contribution in [-0.2, 0) is 6.42 Å². The Morgan fingerprint density at radius 2 is 2.33 bits per heavy atom. The van der Waals surface area contributed by atoms with Crippen molar-refractivity contribution in [2.45, 2.75) is 13.3 Å². The number of halogens is 1. The summed E-state index contributed by atoms with van der Waals surface area (Å²) in [5.41, 5.74) is 0.730. The Hall–Kier alpha value is -2.01. The molecule has 0 fully saturated rings. The maximum absolute atomic E-state index is 10.6. The van der Waals surface area contributed by atoms with E-state index in [1.807, 2.05) is 6.92 Å². The molecule has 1 aromatic carbocycles. The second kappa shape index (κ2) is 5.10. The van der Waals surface area contributed by atoms with Crippen molar-refractivity contribution in [2.24, 2.45) is 0 Å². The molecule has 0 aliphatic rings. The highest BCUT2D eigenvalue weighted by Crippen LogP contribution is 2.26. The average Bonchev–Trinajstić information content (AvgIpc) is 2.80. The molecular weight excluding hydrogens is 258 g/mol. The summed E-state index contributed by atoms with van der Waals surface area (Å²) in [6, 6.07) is 5.12. The third kappa shape index (κ3) is 2.62. The van der Waals surface area contributed by atoms with E-state index in [2.05, 4.69) is 4.98 Å². The second-order valence-corrected chi connectivity index (χ2v) is 3.92. The number of aromatic nitrogens is 1. The van der Waals surface area contributed by atoms with Crippen LogP contribution in [0.2, 0.25) is 5.02 Å². The number of ether oxygens (including phenoxy) is 1. The number of aromatic carboxylic acids is 1. The minimum Gasteiger partial charge on any atom is -0.476 e. The number of carboxylic acids is 1. The predicted molar refractivity (Wildman–Crippen MR) is 64.4 cm³/mol. The minimum absolute atomic E-state index is 0.114. The van der Waals surface area contributed by atoms with E-state index in [-0.39, 0.29) is 11.8 Å². The van der Waals surface area contributed by atoms with Gasteiger partial charge in [0.15, 0.2) is 5.69 Å². The van der Waals surface area contributed by atoms with Crippen LogP contribution >= 0.6 is 11.6 Å². The van der Waals surface area contributed by atoms with Gasteiger partial charge < -0.3 is 14.3 Å². The van der Waals surface area contributed by atoms with E-state index < -0.39 is 5.97 Å². The second-order valence-electron chi connectivity index (χ2n) is 3.51. The van der Waals surface area contributed by atoms with Crippen LogP contribution in [-0.4, -0.2) is 16.1 Å². The molecule has 0 bridgehead atoms. The molecule has 0 spiro atoms. The lowest BCUT2D eigenvalue weighted by atomic mass is 10.2. The number of nitrogens with zero attached hydrogens (tertiary/aromatic N) is 1. The monoisotopic (exact) mass is 267 g/mol. The van der Waals surface area contributed by atoms with E-state index in [0.717, 1.165) is 18.2 Å². The first-order chi connectivity index (χ1) is 8.60. The van der Waals surface area contributed by atoms with Gasteiger partial charge in [0.05, 0.1) is 0 Å². The molecule has 1 aromatic heterocycles. The molecule has 2 rings (SSSR count). The van der Waals surface area contributed by atoms with E-state index in [4.69, 9.17) is 25.9 Å². The maximum atomic E-state index is 10.6. The van der Waals surface area contributed by atoms with Gasteiger partial charge in [-0.15, -0.1) is 0 Å². The van der Waals surface area contributed by atoms with E-state index in [9.17, 15) is 4.79 Å². The number of rotatable bonds is 4. The van der Waals surface area contributed by atoms with Gasteiger partial charge in [0.1, 0.15) is 12.0 Å². The van der Waals surface area contributed by atoms with Crippen LogP contribution < -0.4 is 4.74 Å². The van der Waals surface area contributed by atoms with Crippen molar-refractivity contribution in [3.8, 4) is 11.8 Å². The lowest BCUT2D eigenvalue weighted by molar-refractivity contribution is 0.0690. The Morgan fingerprint density at radius 1 is 1.56 bits per heavy atom. The number of carboxylic acid groups (broad SMARTS) is 1. The first-order valence-corrected chi connectivity index (χ1v) is 5.63. The Bertz CT molecular complexity index is 579. The average molecular weight is 268 g/mol. The molecule has 6 heteroatoms. The fourth-order valence-corrected chi connectivity index (χ4v) is 1.64. The first kappa shape index (κ1) is 12.4. The molecule has 1 N–H and O–H groups in total. The van der Waals surface area contributed by atoms with Crippen LogP contribution in [0.3, 0.4) is 0 Å². The van der Waals surface area contributed by atoms with Gasteiger partial charge in [-0.1, -0.05) is 18.5 Å². The molecule has 0 radical (unpaired) electrons. The topological polar surface area (TPSA) is 72.6 Å². The molecule has 94 valence electrons. The molecule has 0 aliphatic heterocycles. The van der Waals surface area contributed by atoms with Gasteiger partial charge >= 0.3 is 12.0 Å². The van der Waals surface area contributed by atoms with Crippen molar-refractivity contribution in [3.05, 3.63) is 40.7 Å². The summed E-state index contributed by atoms with van der Waals surface area (Å²) in [6.45, 7) is 1.97. The number of oxazole rings is 1. The highest BCUT2D eigenvalue weighted by molar-refractivity contribution is 6.31. The molecular formula is C12H10ClNO4. The van der Waals surface area contributed by atoms with Crippen molar-refractivity contribution >= 4 is 17.6 Å². The van der Waals surface area contributed by atoms with Crippen LogP contribution in [0.5, 0.6) is 11.8 Å². The Morgan fingerprint density at radius 3 is 2.94 bits per heavy atom. The quantitative estimate of drug-likeness (QED) is 0.919. The van der Waals surface area contributed by atoms with Crippen LogP contribution in [0.15, 0.2) is 28.9 Å². The van der Waals surface area contributed by atoms with Crippen LogP contribution in [0.1, 0.15) is 23.0 Å². The van der Waals surface area contributed by atoms with Crippen molar-refractivity contribution < 1.29 is 19.1 Å². The lowest BCUT2D eigenvalue weighted by Gasteiger charge is -2.04. The van der Waals surface area contributed by atoms with Gasteiger partial charge in [-0.25, -0.2) is 4.79 Å². The van der Waals surface area contributed by atoms with Gasteiger partial charge in [0, 0.05) is 5.02 Å². The van der Waals surface area contributed by atoms with Crippen molar-refractivity contribution in [1.82, 2.24) is 4.98 Å². The fraction of sp³-hybridized carbons (Fsp3) is 0.167. The Balaban J connectivity index is 2.20. The van der Waals surface area contributed by atoms with Gasteiger partial charge in [-0.3, -0.25) is 0 Å². The summed E-state index contributed by atoms with van der Waals surface area (Å²) in [4.78, 5) is 14.3. The standard InChI is InChI=1S/C12H10ClNO4/c1-2-7-5-8(3-4-9(7)13)18-12-14-10(6-17-12)11(15)16/h3-6H,2H2,1H3,(H,15,16). The number of hydrogen-bond donors (Lipinski definition) is 1. The molecule has 0 saturated carbocycles. The normalized spacial score (nSPS) is 10.3. The molecule has 0 saturated heterocycles. The number of benzene rings is 1. The SMILES string of the molecule is CCc1cc(Oc2nc(C(=O)O)co2)ccc1Cl. The Kier molecular flexibility index (Phi) is 3.53. The molecule has 0 aliphatic carbocycles. The summed E-state index contributed by atoms with van der Waals surface area (Å²) in [5.74, 6) is -0.672. The zero-order valence-corrected chi connectivity index (χ0v) is 10.3. The molecule has 0 unspecified atom stereocenters. The fourth-order valence-electron chi connectivity index (χ4n) is 1.39. The van der Waals surface area contributed by atoms with Crippen LogP contribution in [0.4, 0.5) is 0 Å². The van der Waals surface area contributed by atoms with E-state index in [1.165, 1.54) is 0 Å². The summed E-state index contributed by atoms with van der Waals surface area (Å²) in [6.07, 6.45) is 1.67. The number of aryl methyl sites for hydroxylation is 1. The molecule has 18 heavy (non-hydrogen) atoms. The highest BCUT2D eigenvalue weighted by atomic mass is 35.5. The third-order valence-corrected chi connectivity index (χ3v) is 2.67. The van der Waals surface area contributed by atoms with Gasteiger partial charge in [0.25, 0.3) is 0 Å². The largest absolute Gasteiger partial charge is 0.476 e. The summed E-state index contributed by atoms with van der Waals surface area (Å²) in [5, 5.41) is 9.34.